The fourth-order valence-electron chi connectivity index (χ4n) is 4.15. The lowest BCUT2D eigenvalue weighted by molar-refractivity contribution is 0.0951. The standard InChI is InChI=1S/C29H26N2O3S/c1-20(2)35(33,34)28-13-10-23(11-14-28)25-9-12-27-16-26(19-31(27)18-25)29(32)30-17-21-7-8-22-5-3-4-6-24(22)15-21/h3-16,18-20H,17H2,1-2H3,(H,30,32). The van der Waals surface area contributed by atoms with Gasteiger partial charge in [0, 0.05) is 24.5 Å². The molecule has 0 aliphatic carbocycles. The zero-order valence-corrected chi connectivity index (χ0v) is 20.4. The highest BCUT2D eigenvalue weighted by Gasteiger charge is 2.19. The Bertz CT molecular complexity index is 1650. The molecular formula is C29H26N2O3S. The molecule has 1 amide bonds. The van der Waals surface area contributed by atoms with Crippen LogP contribution >= 0.6 is 0 Å². The van der Waals surface area contributed by atoms with Crippen molar-refractivity contribution in [3.63, 3.8) is 0 Å². The summed E-state index contributed by atoms with van der Waals surface area (Å²) in [5.74, 6) is -0.133. The maximum Gasteiger partial charge on any atom is 0.253 e. The number of nitrogens with zero attached hydrogens (tertiary/aromatic N) is 1. The van der Waals surface area contributed by atoms with Crippen LogP contribution in [-0.2, 0) is 16.4 Å². The summed E-state index contributed by atoms with van der Waals surface area (Å²) in [4.78, 5) is 13.1. The van der Waals surface area contributed by atoms with E-state index in [-0.39, 0.29) is 5.91 Å². The highest BCUT2D eigenvalue weighted by molar-refractivity contribution is 7.92. The number of carbonyl (C=O) groups excluding carboxylic acids is 1. The quantitative estimate of drug-likeness (QED) is 0.329. The minimum atomic E-state index is -3.30. The summed E-state index contributed by atoms with van der Waals surface area (Å²) in [6.07, 6.45) is 3.76. The average Bonchev–Trinajstić information content (AvgIpc) is 3.31. The first kappa shape index (κ1) is 22.9. The van der Waals surface area contributed by atoms with E-state index in [2.05, 4.69) is 29.6 Å². The zero-order chi connectivity index (χ0) is 24.6. The van der Waals surface area contributed by atoms with Gasteiger partial charge < -0.3 is 9.72 Å². The number of amides is 1. The van der Waals surface area contributed by atoms with Gasteiger partial charge in [-0.05, 0) is 71.6 Å². The first-order valence-electron chi connectivity index (χ1n) is 11.5. The van der Waals surface area contributed by atoms with Gasteiger partial charge in [0.2, 0.25) is 0 Å². The Labute approximate surface area is 205 Å². The Kier molecular flexibility index (Phi) is 5.91. The number of pyridine rings is 1. The predicted octanol–water partition coefficient (Wildman–Crippen LogP) is 5.87. The van der Waals surface area contributed by atoms with Gasteiger partial charge in [-0.25, -0.2) is 8.42 Å². The summed E-state index contributed by atoms with van der Waals surface area (Å²) in [6.45, 7) is 3.81. The molecule has 5 rings (SSSR count). The summed E-state index contributed by atoms with van der Waals surface area (Å²) < 4.78 is 26.7. The lowest BCUT2D eigenvalue weighted by Crippen LogP contribution is -2.22. The molecule has 5 aromatic rings. The molecule has 0 bridgehead atoms. The van der Waals surface area contributed by atoms with Crippen LogP contribution in [0, 0.1) is 0 Å². The number of sulfone groups is 1. The molecule has 0 spiro atoms. The molecular weight excluding hydrogens is 456 g/mol. The zero-order valence-electron chi connectivity index (χ0n) is 19.6. The van der Waals surface area contributed by atoms with E-state index in [0.717, 1.165) is 27.6 Å². The van der Waals surface area contributed by atoms with E-state index in [4.69, 9.17) is 0 Å². The van der Waals surface area contributed by atoms with Crippen molar-refractivity contribution in [3.8, 4) is 11.1 Å². The Morgan fingerprint density at radius 2 is 1.54 bits per heavy atom. The minimum absolute atomic E-state index is 0.133. The van der Waals surface area contributed by atoms with Crippen LogP contribution in [0.25, 0.3) is 27.4 Å². The van der Waals surface area contributed by atoms with E-state index >= 15 is 0 Å². The average molecular weight is 483 g/mol. The van der Waals surface area contributed by atoms with E-state index in [1.54, 1.807) is 26.0 Å². The summed E-state index contributed by atoms with van der Waals surface area (Å²) in [5, 5.41) is 4.87. The number of fused-ring (bicyclic) bond motifs is 2. The lowest BCUT2D eigenvalue weighted by atomic mass is 10.1. The van der Waals surface area contributed by atoms with Crippen LogP contribution in [0.4, 0.5) is 0 Å². The number of hydrogen-bond acceptors (Lipinski definition) is 3. The highest BCUT2D eigenvalue weighted by Crippen LogP contribution is 2.25. The molecule has 0 saturated carbocycles. The number of nitrogens with one attached hydrogen (secondary N) is 1. The van der Waals surface area contributed by atoms with Gasteiger partial charge in [-0.3, -0.25) is 4.79 Å². The molecule has 35 heavy (non-hydrogen) atoms. The molecule has 0 aliphatic heterocycles. The maximum absolute atomic E-state index is 12.8. The van der Waals surface area contributed by atoms with Gasteiger partial charge in [-0.2, -0.15) is 0 Å². The van der Waals surface area contributed by atoms with Crippen LogP contribution < -0.4 is 5.32 Å². The third-order valence-electron chi connectivity index (χ3n) is 6.26. The van der Waals surface area contributed by atoms with Gasteiger partial charge in [0.25, 0.3) is 5.91 Å². The highest BCUT2D eigenvalue weighted by atomic mass is 32.2. The molecule has 0 unspecified atom stereocenters. The van der Waals surface area contributed by atoms with Crippen LogP contribution in [0.5, 0.6) is 0 Å². The van der Waals surface area contributed by atoms with Crippen LogP contribution in [-0.4, -0.2) is 24.0 Å². The van der Waals surface area contributed by atoms with Crippen molar-refractivity contribution < 1.29 is 13.2 Å². The van der Waals surface area contributed by atoms with Gasteiger partial charge in [0.05, 0.1) is 15.7 Å². The van der Waals surface area contributed by atoms with Crippen LogP contribution in [0.3, 0.4) is 0 Å². The first-order chi connectivity index (χ1) is 16.8. The Morgan fingerprint density at radius 3 is 2.29 bits per heavy atom. The number of aromatic nitrogens is 1. The van der Waals surface area contributed by atoms with E-state index in [0.29, 0.717) is 17.0 Å². The largest absolute Gasteiger partial charge is 0.348 e. The normalized spacial score (nSPS) is 11.9. The first-order valence-corrected chi connectivity index (χ1v) is 13.1. The Morgan fingerprint density at radius 1 is 0.829 bits per heavy atom. The van der Waals surface area contributed by atoms with Crippen molar-refractivity contribution >= 4 is 32.0 Å². The summed E-state index contributed by atoms with van der Waals surface area (Å²) in [5.41, 5.74) is 4.38. The van der Waals surface area contributed by atoms with E-state index in [9.17, 15) is 13.2 Å². The molecule has 0 aliphatic rings. The molecule has 0 saturated heterocycles. The van der Waals surface area contributed by atoms with Gasteiger partial charge in [-0.15, -0.1) is 0 Å². The number of carbonyl (C=O) groups is 1. The molecule has 2 heterocycles. The molecule has 3 aromatic carbocycles. The second kappa shape index (κ2) is 9.04. The second-order valence-corrected chi connectivity index (χ2v) is 11.5. The van der Waals surface area contributed by atoms with Gasteiger partial charge in [0.1, 0.15) is 0 Å². The summed E-state index contributed by atoms with van der Waals surface area (Å²) in [7, 11) is -3.30. The van der Waals surface area contributed by atoms with Crippen molar-refractivity contribution in [2.24, 2.45) is 0 Å². The topological polar surface area (TPSA) is 67.7 Å². The number of hydrogen-bond donors (Lipinski definition) is 1. The van der Waals surface area contributed by atoms with E-state index < -0.39 is 15.1 Å². The van der Waals surface area contributed by atoms with Gasteiger partial charge in [-0.1, -0.05) is 54.6 Å². The Balaban J connectivity index is 1.33. The third kappa shape index (κ3) is 4.57. The van der Waals surface area contributed by atoms with E-state index in [1.807, 2.05) is 65.3 Å². The number of benzene rings is 3. The van der Waals surface area contributed by atoms with Gasteiger partial charge >= 0.3 is 0 Å². The SMILES string of the molecule is CC(C)S(=O)(=O)c1ccc(-c2ccc3cc(C(=O)NCc4ccc5ccccc5c4)cn3c2)cc1. The molecule has 0 fully saturated rings. The minimum Gasteiger partial charge on any atom is -0.348 e. The summed E-state index contributed by atoms with van der Waals surface area (Å²) in [6, 6.07) is 27.1. The van der Waals surface area contributed by atoms with Gasteiger partial charge in [0.15, 0.2) is 9.84 Å². The summed E-state index contributed by atoms with van der Waals surface area (Å²) >= 11 is 0. The monoisotopic (exact) mass is 482 g/mol. The molecule has 6 heteroatoms. The van der Waals surface area contributed by atoms with Crippen molar-refractivity contribution in [1.29, 1.82) is 0 Å². The fourth-order valence-corrected chi connectivity index (χ4v) is 5.21. The van der Waals surface area contributed by atoms with E-state index in [1.165, 1.54) is 5.39 Å². The predicted molar refractivity (Wildman–Crippen MR) is 140 cm³/mol. The van der Waals surface area contributed by atoms with Crippen molar-refractivity contribution in [1.82, 2.24) is 9.72 Å². The van der Waals surface area contributed by atoms with Crippen molar-refractivity contribution in [2.75, 3.05) is 0 Å². The van der Waals surface area contributed by atoms with Crippen LogP contribution in [0.2, 0.25) is 0 Å². The maximum atomic E-state index is 12.8. The number of rotatable bonds is 6. The fraction of sp³-hybridized carbons (Fsp3) is 0.138. The van der Waals surface area contributed by atoms with Crippen molar-refractivity contribution in [3.05, 3.63) is 108 Å². The smallest absolute Gasteiger partial charge is 0.253 e. The van der Waals surface area contributed by atoms with Crippen LogP contribution in [0.15, 0.2) is 102 Å². The molecule has 5 nitrogen and oxygen atoms in total. The molecule has 2 aromatic heterocycles. The molecule has 176 valence electrons. The second-order valence-electron chi connectivity index (χ2n) is 8.96. The lowest BCUT2D eigenvalue weighted by Gasteiger charge is -2.09. The third-order valence-corrected chi connectivity index (χ3v) is 8.43. The Hall–Kier alpha value is -3.90. The van der Waals surface area contributed by atoms with Crippen LogP contribution in [0.1, 0.15) is 29.8 Å². The molecule has 1 N–H and O–H groups in total. The van der Waals surface area contributed by atoms with Crippen molar-refractivity contribution in [2.45, 2.75) is 30.5 Å². The molecule has 0 atom stereocenters. The molecule has 0 radical (unpaired) electrons.